The van der Waals surface area contributed by atoms with Crippen LogP contribution in [-0.4, -0.2) is 30.1 Å². The van der Waals surface area contributed by atoms with E-state index in [-0.39, 0.29) is 11.9 Å². The van der Waals surface area contributed by atoms with E-state index in [2.05, 4.69) is 26.1 Å². The van der Waals surface area contributed by atoms with Crippen LogP contribution in [-0.2, 0) is 4.79 Å². The van der Waals surface area contributed by atoms with Crippen molar-refractivity contribution in [2.45, 2.75) is 46.6 Å². The summed E-state index contributed by atoms with van der Waals surface area (Å²) in [6, 6.07) is 0.0648. The van der Waals surface area contributed by atoms with Gasteiger partial charge in [-0.15, -0.1) is 0 Å². The highest BCUT2D eigenvalue weighted by Crippen LogP contribution is 2.19. The Morgan fingerprint density at radius 1 is 1.50 bits per heavy atom. The van der Waals surface area contributed by atoms with E-state index in [0.717, 1.165) is 26.1 Å². The third-order valence-corrected chi connectivity index (χ3v) is 2.68. The van der Waals surface area contributed by atoms with Crippen LogP contribution in [0.1, 0.15) is 40.5 Å². The van der Waals surface area contributed by atoms with Gasteiger partial charge in [0.1, 0.15) is 0 Å². The van der Waals surface area contributed by atoms with Crippen molar-refractivity contribution in [3.8, 4) is 0 Å². The summed E-state index contributed by atoms with van der Waals surface area (Å²) in [5.74, 6) is 0.275. The van der Waals surface area contributed by atoms with Crippen molar-refractivity contribution < 1.29 is 4.79 Å². The highest BCUT2D eigenvalue weighted by molar-refractivity contribution is 5.83. The summed E-state index contributed by atoms with van der Waals surface area (Å²) in [5, 5.41) is 3.22. The molecule has 1 saturated heterocycles. The van der Waals surface area contributed by atoms with E-state index in [1.807, 2.05) is 11.8 Å². The topological polar surface area (TPSA) is 32.3 Å². The SMILES string of the molecule is CCC1NCN(CCC(C)(C)C)C1=O. The molecule has 0 aromatic heterocycles. The quantitative estimate of drug-likeness (QED) is 0.747. The van der Waals surface area contributed by atoms with Crippen molar-refractivity contribution in [2.75, 3.05) is 13.2 Å². The molecule has 0 radical (unpaired) electrons. The van der Waals surface area contributed by atoms with Gasteiger partial charge in [-0.25, -0.2) is 0 Å². The maximum Gasteiger partial charge on any atom is 0.240 e. The summed E-state index contributed by atoms with van der Waals surface area (Å²) in [4.78, 5) is 13.6. The van der Waals surface area contributed by atoms with Crippen molar-refractivity contribution >= 4 is 5.91 Å². The molecule has 1 atom stereocenters. The van der Waals surface area contributed by atoms with Gasteiger partial charge in [0.05, 0.1) is 12.7 Å². The molecule has 0 aliphatic carbocycles. The van der Waals surface area contributed by atoms with Gasteiger partial charge >= 0.3 is 0 Å². The molecule has 0 spiro atoms. The number of amides is 1. The van der Waals surface area contributed by atoms with Crippen molar-refractivity contribution in [3.63, 3.8) is 0 Å². The van der Waals surface area contributed by atoms with Gasteiger partial charge in [-0.1, -0.05) is 27.7 Å². The Balaban J connectivity index is 2.37. The molecule has 1 heterocycles. The van der Waals surface area contributed by atoms with Gasteiger partial charge in [0.25, 0.3) is 0 Å². The molecule has 0 aromatic carbocycles. The Morgan fingerprint density at radius 3 is 2.57 bits per heavy atom. The van der Waals surface area contributed by atoms with Gasteiger partial charge in [0, 0.05) is 6.54 Å². The summed E-state index contributed by atoms with van der Waals surface area (Å²) in [5.41, 5.74) is 0.310. The molecule has 1 rings (SSSR count). The first-order valence-electron chi connectivity index (χ1n) is 5.46. The molecule has 0 aromatic rings. The van der Waals surface area contributed by atoms with E-state index in [0.29, 0.717) is 5.41 Å². The Labute approximate surface area is 86.9 Å². The number of carbonyl (C=O) groups is 1. The molecule has 1 fully saturated rings. The predicted octanol–water partition coefficient (Wildman–Crippen LogP) is 1.59. The number of rotatable bonds is 3. The average molecular weight is 198 g/mol. The Hall–Kier alpha value is -0.570. The first kappa shape index (κ1) is 11.5. The van der Waals surface area contributed by atoms with Crippen LogP contribution in [0.5, 0.6) is 0 Å². The Kier molecular flexibility index (Phi) is 3.53. The number of nitrogens with one attached hydrogen (secondary N) is 1. The smallest absolute Gasteiger partial charge is 0.240 e. The van der Waals surface area contributed by atoms with Gasteiger partial charge in [0.2, 0.25) is 5.91 Å². The molecule has 0 bridgehead atoms. The Morgan fingerprint density at radius 2 is 2.14 bits per heavy atom. The van der Waals surface area contributed by atoms with Crippen LogP contribution in [0.15, 0.2) is 0 Å². The van der Waals surface area contributed by atoms with Crippen LogP contribution in [0.2, 0.25) is 0 Å². The van der Waals surface area contributed by atoms with E-state index in [1.165, 1.54) is 0 Å². The van der Waals surface area contributed by atoms with Gasteiger partial charge in [0.15, 0.2) is 0 Å². The van der Waals surface area contributed by atoms with Crippen LogP contribution in [0.25, 0.3) is 0 Å². The molecule has 1 amide bonds. The third kappa shape index (κ3) is 2.98. The maximum atomic E-state index is 11.7. The van der Waals surface area contributed by atoms with Crippen molar-refractivity contribution in [1.29, 1.82) is 0 Å². The van der Waals surface area contributed by atoms with Crippen molar-refractivity contribution in [3.05, 3.63) is 0 Å². The molecule has 1 aliphatic rings. The zero-order chi connectivity index (χ0) is 10.8. The molecule has 3 heteroatoms. The summed E-state index contributed by atoms with van der Waals surface area (Å²) in [6.45, 7) is 10.3. The van der Waals surface area contributed by atoms with Gasteiger partial charge in [-0.3, -0.25) is 10.1 Å². The fourth-order valence-electron chi connectivity index (χ4n) is 1.58. The van der Waals surface area contributed by atoms with Crippen LogP contribution in [0.3, 0.4) is 0 Å². The summed E-state index contributed by atoms with van der Waals surface area (Å²) in [6.07, 6.45) is 1.96. The molecule has 14 heavy (non-hydrogen) atoms. The van der Waals surface area contributed by atoms with E-state index >= 15 is 0 Å². The zero-order valence-corrected chi connectivity index (χ0v) is 9.76. The van der Waals surface area contributed by atoms with Crippen LogP contribution < -0.4 is 5.32 Å². The number of hydrogen-bond acceptors (Lipinski definition) is 2. The summed E-state index contributed by atoms with van der Waals surface area (Å²) in [7, 11) is 0. The highest BCUT2D eigenvalue weighted by atomic mass is 16.2. The second kappa shape index (κ2) is 4.30. The largest absolute Gasteiger partial charge is 0.329 e. The van der Waals surface area contributed by atoms with Crippen molar-refractivity contribution in [2.24, 2.45) is 5.41 Å². The minimum absolute atomic E-state index is 0.0648. The fourth-order valence-corrected chi connectivity index (χ4v) is 1.58. The molecule has 0 saturated carbocycles. The summed E-state index contributed by atoms with van der Waals surface area (Å²) >= 11 is 0. The minimum atomic E-state index is 0.0648. The molecule has 3 nitrogen and oxygen atoms in total. The van der Waals surface area contributed by atoms with Gasteiger partial charge in [-0.2, -0.15) is 0 Å². The molecular weight excluding hydrogens is 176 g/mol. The number of hydrogen-bond donors (Lipinski definition) is 1. The normalized spacial score (nSPS) is 23.3. The zero-order valence-electron chi connectivity index (χ0n) is 9.76. The monoisotopic (exact) mass is 198 g/mol. The van der Waals surface area contributed by atoms with Crippen molar-refractivity contribution in [1.82, 2.24) is 10.2 Å². The molecular formula is C11H22N2O. The molecule has 1 aliphatic heterocycles. The first-order chi connectivity index (χ1) is 6.44. The third-order valence-electron chi connectivity index (χ3n) is 2.68. The van der Waals surface area contributed by atoms with Gasteiger partial charge < -0.3 is 4.90 Å². The van der Waals surface area contributed by atoms with E-state index in [4.69, 9.17) is 0 Å². The predicted molar refractivity (Wildman–Crippen MR) is 57.9 cm³/mol. The maximum absolute atomic E-state index is 11.7. The lowest BCUT2D eigenvalue weighted by Gasteiger charge is -2.22. The number of nitrogens with zero attached hydrogens (tertiary/aromatic N) is 1. The Bertz CT molecular complexity index is 208. The van der Waals surface area contributed by atoms with Crippen LogP contribution in [0.4, 0.5) is 0 Å². The molecule has 82 valence electrons. The average Bonchev–Trinajstić information content (AvgIpc) is 2.42. The molecule has 1 N–H and O–H groups in total. The van der Waals surface area contributed by atoms with E-state index < -0.39 is 0 Å². The van der Waals surface area contributed by atoms with E-state index in [9.17, 15) is 4.79 Å². The lowest BCUT2D eigenvalue weighted by molar-refractivity contribution is -0.129. The lowest BCUT2D eigenvalue weighted by atomic mass is 9.92. The second-order valence-corrected chi connectivity index (χ2v) is 5.24. The fraction of sp³-hybridized carbons (Fsp3) is 0.909. The highest BCUT2D eigenvalue weighted by Gasteiger charge is 2.29. The molecule has 1 unspecified atom stereocenters. The minimum Gasteiger partial charge on any atom is -0.329 e. The van der Waals surface area contributed by atoms with Crippen LogP contribution in [0, 0.1) is 5.41 Å². The number of carbonyl (C=O) groups excluding carboxylic acids is 1. The lowest BCUT2D eigenvalue weighted by Crippen LogP contribution is -2.32. The van der Waals surface area contributed by atoms with E-state index in [1.54, 1.807) is 0 Å². The first-order valence-corrected chi connectivity index (χ1v) is 5.46. The van der Waals surface area contributed by atoms with Crippen LogP contribution >= 0.6 is 0 Å². The second-order valence-electron chi connectivity index (χ2n) is 5.24. The standard InChI is InChI=1S/C11H22N2O/c1-5-9-10(14)13(8-12-9)7-6-11(2,3)4/h9,12H,5-8H2,1-4H3. The van der Waals surface area contributed by atoms with Gasteiger partial charge in [-0.05, 0) is 18.3 Å². The summed E-state index contributed by atoms with van der Waals surface area (Å²) < 4.78 is 0.